The third-order valence-corrected chi connectivity index (χ3v) is 5.30. The van der Waals surface area contributed by atoms with Gasteiger partial charge in [0.05, 0.1) is 11.9 Å². The van der Waals surface area contributed by atoms with Gasteiger partial charge in [-0.2, -0.15) is 12.7 Å². The van der Waals surface area contributed by atoms with Crippen molar-refractivity contribution >= 4 is 21.7 Å². The maximum Gasteiger partial charge on any atom is 0.303 e. The summed E-state index contributed by atoms with van der Waals surface area (Å²) in [5, 5.41) is 0. The van der Waals surface area contributed by atoms with E-state index in [9.17, 15) is 13.2 Å². The maximum atomic E-state index is 12.2. The molecule has 2 rings (SSSR count). The Morgan fingerprint density at radius 2 is 1.83 bits per heavy atom. The summed E-state index contributed by atoms with van der Waals surface area (Å²) < 4.78 is 26.8. The molecule has 0 aliphatic heterocycles. The lowest BCUT2D eigenvalue weighted by atomic mass is 10.1. The van der Waals surface area contributed by atoms with Crippen LogP contribution in [0.4, 0.5) is 5.69 Å². The highest BCUT2D eigenvalue weighted by Crippen LogP contribution is 2.25. The van der Waals surface area contributed by atoms with Crippen molar-refractivity contribution in [1.29, 1.82) is 0 Å². The van der Waals surface area contributed by atoms with E-state index in [0.717, 1.165) is 15.4 Å². The molecular formula is C16H20N4O3S. The van der Waals surface area contributed by atoms with E-state index in [4.69, 9.17) is 0 Å². The fraction of sp³-hybridized carbons (Fsp3) is 0.312. The molecule has 7 nitrogen and oxygen atoms in total. The van der Waals surface area contributed by atoms with Crippen molar-refractivity contribution in [1.82, 2.24) is 14.3 Å². The number of carbonyl (C=O) groups is 1. The summed E-state index contributed by atoms with van der Waals surface area (Å²) in [4.78, 5) is 19.6. The van der Waals surface area contributed by atoms with E-state index in [1.165, 1.54) is 38.6 Å². The first-order valence-electron chi connectivity index (χ1n) is 7.28. The SMILES string of the molecule is CC(=O)Cc1cc(-c2cncc(N(C)S(=O)(=O)N(C)C)c2)ccn1. The van der Waals surface area contributed by atoms with Crippen LogP contribution in [0.2, 0.25) is 0 Å². The largest absolute Gasteiger partial charge is 0.303 e. The average Bonchev–Trinajstić information content (AvgIpc) is 2.53. The fourth-order valence-electron chi connectivity index (χ4n) is 2.15. The number of hydrogen-bond acceptors (Lipinski definition) is 5. The van der Waals surface area contributed by atoms with Gasteiger partial charge in [-0.15, -0.1) is 0 Å². The zero-order chi connectivity index (χ0) is 17.9. The van der Waals surface area contributed by atoms with E-state index in [2.05, 4.69) is 9.97 Å². The second-order valence-corrected chi connectivity index (χ2v) is 7.78. The summed E-state index contributed by atoms with van der Waals surface area (Å²) in [5.74, 6) is 0.0309. The minimum absolute atomic E-state index is 0.0309. The Morgan fingerprint density at radius 1 is 1.12 bits per heavy atom. The Balaban J connectivity index is 2.39. The zero-order valence-electron chi connectivity index (χ0n) is 14.1. The van der Waals surface area contributed by atoms with Crippen LogP contribution in [-0.2, 0) is 21.4 Å². The smallest absolute Gasteiger partial charge is 0.300 e. The summed E-state index contributed by atoms with van der Waals surface area (Å²) in [6.07, 6.45) is 5.02. The number of nitrogens with zero attached hydrogens (tertiary/aromatic N) is 4. The molecule has 128 valence electrons. The molecule has 0 fully saturated rings. The zero-order valence-corrected chi connectivity index (χ0v) is 14.9. The Labute approximate surface area is 142 Å². The monoisotopic (exact) mass is 348 g/mol. The summed E-state index contributed by atoms with van der Waals surface area (Å²) in [5.41, 5.74) is 2.69. The molecule has 0 atom stereocenters. The minimum Gasteiger partial charge on any atom is -0.300 e. The van der Waals surface area contributed by atoms with Gasteiger partial charge in [0.1, 0.15) is 5.78 Å². The van der Waals surface area contributed by atoms with E-state index >= 15 is 0 Å². The van der Waals surface area contributed by atoms with E-state index < -0.39 is 10.2 Å². The molecule has 0 aliphatic carbocycles. The molecule has 0 saturated heterocycles. The first kappa shape index (κ1) is 18.0. The number of anilines is 1. The molecule has 0 spiro atoms. The first-order chi connectivity index (χ1) is 11.2. The Kier molecular flexibility index (Phi) is 5.30. The van der Waals surface area contributed by atoms with Gasteiger partial charge in [-0.1, -0.05) is 0 Å². The quantitative estimate of drug-likeness (QED) is 0.790. The van der Waals surface area contributed by atoms with Crippen LogP contribution in [0, 0.1) is 0 Å². The van der Waals surface area contributed by atoms with Gasteiger partial charge in [-0.05, 0) is 30.7 Å². The van der Waals surface area contributed by atoms with Crippen molar-refractivity contribution < 1.29 is 13.2 Å². The van der Waals surface area contributed by atoms with E-state index in [1.54, 1.807) is 24.5 Å². The lowest BCUT2D eigenvalue weighted by molar-refractivity contribution is -0.116. The van der Waals surface area contributed by atoms with Gasteiger partial charge in [0.2, 0.25) is 0 Å². The van der Waals surface area contributed by atoms with Crippen molar-refractivity contribution in [2.45, 2.75) is 13.3 Å². The number of carbonyl (C=O) groups excluding carboxylic acids is 1. The van der Waals surface area contributed by atoms with Crippen LogP contribution in [-0.4, -0.2) is 49.6 Å². The van der Waals surface area contributed by atoms with Crippen LogP contribution < -0.4 is 4.31 Å². The number of hydrogen-bond donors (Lipinski definition) is 0. The van der Waals surface area contributed by atoms with Crippen LogP contribution in [0.15, 0.2) is 36.8 Å². The number of rotatable bonds is 6. The molecular weight excluding hydrogens is 328 g/mol. The van der Waals surface area contributed by atoms with Crippen molar-refractivity contribution in [3.05, 3.63) is 42.5 Å². The van der Waals surface area contributed by atoms with Crippen molar-refractivity contribution in [2.24, 2.45) is 0 Å². The molecule has 0 unspecified atom stereocenters. The summed E-state index contributed by atoms with van der Waals surface area (Å²) in [6.45, 7) is 1.51. The molecule has 2 aromatic rings. The molecule has 2 heterocycles. The van der Waals surface area contributed by atoms with Crippen LogP contribution in [0.5, 0.6) is 0 Å². The van der Waals surface area contributed by atoms with Crippen LogP contribution >= 0.6 is 0 Å². The minimum atomic E-state index is -3.58. The van der Waals surface area contributed by atoms with Crippen molar-refractivity contribution in [2.75, 3.05) is 25.4 Å². The molecule has 0 bridgehead atoms. The molecule has 0 aliphatic rings. The lowest BCUT2D eigenvalue weighted by Crippen LogP contribution is -2.37. The highest BCUT2D eigenvalue weighted by atomic mass is 32.2. The first-order valence-corrected chi connectivity index (χ1v) is 8.67. The van der Waals surface area contributed by atoms with Gasteiger partial charge in [0, 0.05) is 51.2 Å². The Bertz CT molecular complexity index is 850. The highest BCUT2D eigenvalue weighted by molar-refractivity contribution is 7.90. The standard InChI is InChI=1S/C16H20N4O3S/c1-12(21)7-15-8-13(5-6-18-15)14-9-16(11-17-10-14)20(4)24(22,23)19(2)3/h5-6,8-11H,7H2,1-4H3. The summed E-state index contributed by atoms with van der Waals surface area (Å²) >= 11 is 0. The lowest BCUT2D eigenvalue weighted by Gasteiger charge is -2.23. The number of Topliss-reactive ketones (excluding diaryl/α,β-unsaturated/α-hetero) is 1. The van der Waals surface area contributed by atoms with Gasteiger partial charge >= 0.3 is 10.2 Å². The molecule has 0 radical (unpaired) electrons. The Morgan fingerprint density at radius 3 is 2.46 bits per heavy atom. The topological polar surface area (TPSA) is 83.5 Å². The normalized spacial score (nSPS) is 11.5. The average molecular weight is 348 g/mol. The highest BCUT2D eigenvalue weighted by Gasteiger charge is 2.21. The molecule has 24 heavy (non-hydrogen) atoms. The summed E-state index contributed by atoms with van der Waals surface area (Å²) in [6, 6.07) is 5.34. The predicted molar refractivity (Wildman–Crippen MR) is 92.9 cm³/mol. The van der Waals surface area contributed by atoms with Crippen molar-refractivity contribution in [3.63, 3.8) is 0 Å². The van der Waals surface area contributed by atoms with Crippen LogP contribution in [0.3, 0.4) is 0 Å². The van der Waals surface area contributed by atoms with Crippen molar-refractivity contribution in [3.8, 4) is 11.1 Å². The van der Waals surface area contributed by atoms with Crippen LogP contribution in [0.1, 0.15) is 12.6 Å². The van der Waals surface area contributed by atoms with Crippen LogP contribution in [0.25, 0.3) is 11.1 Å². The predicted octanol–water partition coefficient (Wildman–Crippen LogP) is 1.52. The van der Waals surface area contributed by atoms with Gasteiger partial charge in [0.25, 0.3) is 0 Å². The maximum absolute atomic E-state index is 12.2. The van der Waals surface area contributed by atoms with E-state index in [-0.39, 0.29) is 12.2 Å². The molecule has 2 aromatic heterocycles. The number of aromatic nitrogens is 2. The molecule has 0 N–H and O–H groups in total. The van der Waals surface area contributed by atoms with Gasteiger partial charge in [0.15, 0.2) is 0 Å². The number of pyridine rings is 2. The molecule has 0 amide bonds. The fourth-order valence-corrected chi connectivity index (χ4v) is 3.00. The summed E-state index contributed by atoms with van der Waals surface area (Å²) in [7, 11) is 0.837. The third-order valence-electron chi connectivity index (χ3n) is 3.47. The second-order valence-electron chi connectivity index (χ2n) is 5.60. The van der Waals surface area contributed by atoms with Gasteiger partial charge < -0.3 is 0 Å². The number of ketones is 1. The Hall–Kier alpha value is -2.32. The van der Waals surface area contributed by atoms with E-state index in [1.807, 2.05) is 6.07 Å². The molecule has 0 aromatic carbocycles. The molecule has 0 saturated carbocycles. The third kappa shape index (κ3) is 3.95. The van der Waals surface area contributed by atoms with E-state index in [0.29, 0.717) is 11.4 Å². The van der Waals surface area contributed by atoms with Gasteiger partial charge in [-0.3, -0.25) is 19.1 Å². The molecule has 8 heteroatoms. The second kappa shape index (κ2) is 7.06. The van der Waals surface area contributed by atoms with Gasteiger partial charge in [-0.25, -0.2) is 0 Å².